The first-order chi connectivity index (χ1) is 18.6. The van der Waals surface area contributed by atoms with E-state index < -0.39 is 17.4 Å². The molecular weight excluding hydrogens is 511 g/mol. The van der Waals surface area contributed by atoms with Crippen LogP contribution >= 0.6 is 0 Å². The van der Waals surface area contributed by atoms with Gasteiger partial charge in [0, 0.05) is 45.1 Å². The lowest BCUT2D eigenvalue weighted by Gasteiger charge is -2.46. The average molecular weight is 550 g/mol. The lowest BCUT2D eigenvalue weighted by Crippen LogP contribution is -2.50. The molecule has 12 heteroatoms. The van der Waals surface area contributed by atoms with Gasteiger partial charge in [-0.1, -0.05) is 25.7 Å². The Kier molecular flexibility index (Phi) is 6.91. The third-order valence-corrected chi connectivity index (χ3v) is 9.57. The van der Waals surface area contributed by atoms with Crippen molar-refractivity contribution in [2.24, 2.45) is 17.8 Å². The van der Waals surface area contributed by atoms with Gasteiger partial charge in [0.15, 0.2) is 0 Å². The highest BCUT2D eigenvalue weighted by atomic mass is 19.4. The maximum Gasteiger partial charge on any atom is 0.418 e. The Bertz CT molecular complexity index is 1290. The standard InChI is InChI=1S/C27H38F3N7O2/c1-33-9-10-35(25(33)38)13-17-11-21(27(28,29)30)22-15-36(26(39)37(22)14-17)20-8-4-7-19(12-20)23(18-5-3-6-18)24-32-31-16-34(24)2/h11,14-15,18-20,23-24,31-32H,3-10,12-13,16H2,1-2H3/t19?,20?,23-,24?/m1/s1. The average Bonchev–Trinajstić information content (AvgIpc) is 3.54. The van der Waals surface area contributed by atoms with Gasteiger partial charge in [0.25, 0.3) is 0 Å². The minimum absolute atomic E-state index is 0.0321. The number of hydrogen-bond acceptors (Lipinski definition) is 5. The number of urea groups is 1. The number of nitrogens with one attached hydrogen (secondary N) is 2. The van der Waals surface area contributed by atoms with Gasteiger partial charge in [-0.2, -0.15) is 13.2 Å². The Morgan fingerprint density at radius 2 is 1.77 bits per heavy atom. The number of nitrogens with zero attached hydrogens (tertiary/aromatic N) is 5. The molecule has 2 saturated heterocycles. The van der Waals surface area contributed by atoms with E-state index in [1.54, 1.807) is 11.6 Å². The predicted octanol–water partition coefficient (Wildman–Crippen LogP) is 3.46. The van der Waals surface area contributed by atoms with Crippen molar-refractivity contribution in [3.05, 3.63) is 40.1 Å². The third-order valence-electron chi connectivity index (χ3n) is 9.57. The number of carbonyl (C=O) groups excluding carboxylic acids is 1. The summed E-state index contributed by atoms with van der Waals surface area (Å²) in [7, 11) is 3.78. The highest BCUT2D eigenvalue weighted by Crippen LogP contribution is 2.47. The summed E-state index contributed by atoms with van der Waals surface area (Å²) in [6, 6.07) is 0.729. The topological polar surface area (TPSA) is 77.3 Å². The fourth-order valence-electron chi connectivity index (χ4n) is 7.31. The van der Waals surface area contributed by atoms with Gasteiger partial charge < -0.3 is 9.80 Å². The molecule has 0 radical (unpaired) electrons. The molecular formula is C27H38F3N7O2. The Morgan fingerprint density at radius 3 is 2.38 bits per heavy atom. The summed E-state index contributed by atoms with van der Waals surface area (Å²) in [6.07, 6.45) is 5.73. The van der Waals surface area contributed by atoms with E-state index in [1.807, 2.05) is 0 Å². The second-order valence-electron chi connectivity index (χ2n) is 12.0. The first-order valence-electron chi connectivity index (χ1n) is 14.1. The Morgan fingerprint density at radius 1 is 1.03 bits per heavy atom. The Labute approximate surface area is 225 Å². The molecule has 214 valence electrons. The fourth-order valence-corrected chi connectivity index (χ4v) is 7.31. The van der Waals surface area contributed by atoms with Gasteiger partial charge >= 0.3 is 17.9 Å². The highest BCUT2D eigenvalue weighted by molar-refractivity contribution is 5.76. The van der Waals surface area contributed by atoms with Gasteiger partial charge in [0.2, 0.25) is 0 Å². The zero-order valence-electron chi connectivity index (χ0n) is 22.6. The van der Waals surface area contributed by atoms with Crippen molar-refractivity contribution in [1.29, 1.82) is 0 Å². The van der Waals surface area contributed by atoms with Gasteiger partial charge in [-0.3, -0.25) is 13.9 Å². The van der Waals surface area contributed by atoms with Crippen LogP contribution in [0.4, 0.5) is 18.0 Å². The second-order valence-corrected chi connectivity index (χ2v) is 12.0. The van der Waals surface area contributed by atoms with Crippen molar-refractivity contribution in [2.75, 3.05) is 33.9 Å². The van der Waals surface area contributed by atoms with E-state index in [1.165, 1.54) is 41.5 Å². The van der Waals surface area contributed by atoms with Crippen LogP contribution < -0.4 is 16.5 Å². The number of carbonyl (C=O) groups is 1. The van der Waals surface area contributed by atoms with E-state index in [-0.39, 0.29) is 30.3 Å². The van der Waals surface area contributed by atoms with E-state index in [0.717, 1.165) is 42.8 Å². The van der Waals surface area contributed by atoms with E-state index in [0.29, 0.717) is 36.4 Å². The number of aromatic nitrogens is 2. The van der Waals surface area contributed by atoms with Crippen molar-refractivity contribution >= 4 is 11.5 Å². The zero-order chi connectivity index (χ0) is 27.5. The van der Waals surface area contributed by atoms with Crippen molar-refractivity contribution in [3.63, 3.8) is 0 Å². The van der Waals surface area contributed by atoms with Crippen LogP contribution in [0.15, 0.2) is 23.3 Å². The summed E-state index contributed by atoms with van der Waals surface area (Å²) in [4.78, 5) is 31.3. The summed E-state index contributed by atoms with van der Waals surface area (Å²) in [5.41, 5.74) is 5.61. The molecule has 0 spiro atoms. The van der Waals surface area contributed by atoms with Crippen LogP contribution in [0.3, 0.4) is 0 Å². The molecule has 4 fully saturated rings. The Balaban J connectivity index is 1.32. The van der Waals surface area contributed by atoms with Gasteiger partial charge in [-0.15, -0.1) is 0 Å². The molecule has 4 atom stereocenters. The summed E-state index contributed by atoms with van der Waals surface area (Å²) in [5.74, 6) is 1.45. The smallest absolute Gasteiger partial charge is 0.326 e. The van der Waals surface area contributed by atoms with Crippen LogP contribution in [0.2, 0.25) is 0 Å². The summed E-state index contributed by atoms with van der Waals surface area (Å²) < 4.78 is 45.3. The van der Waals surface area contributed by atoms with Crippen LogP contribution in [0.1, 0.15) is 62.1 Å². The number of fused-ring (bicyclic) bond motifs is 1. The van der Waals surface area contributed by atoms with Crippen LogP contribution in [-0.2, 0) is 12.7 Å². The normalized spacial score (nSPS) is 28.0. The molecule has 3 unspecified atom stereocenters. The number of halogens is 3. The van der Waals surface area contributed by atoms with Gasteiger partial charge in [0.05, 0.1) is 23.9 Å². The molecule has 2 aliphatic carbocycles. The lowest BCUT2D eigenvalue weighted by atomic mass is 9.65. The number of alkyl halides is 3. The molecule has 2 aromatic heterocycles. The van der Waals surface area contributed by atoms with E-state index >= 15 is 0 Å². The Hall–Kier alpha value is -2.57. The van der Waals surface area contributed by atoms with Gasteiger partial charge in [-0.05, 0) is 55.7 Å². The minimum Gasteiger partial charge on any atom is -0.326 e. The summed E-state index contributed by atoms with van der Waals surface area (Å²) >= 11 is 0. The third kappa shape index (κ3) is 4.84. The number of amides is 2. The number of pyridine rings is 1. The van der Waals surface area contributed by atoms with Crippen LogP contribution in [0.25, 0.3) is 5.52 Å². The first kappa shape index (κ1) is 26.6. The lowest BCUT2D eigenvalue weighted by molar-refractivity contribution is -0.136. The number of imidazole rings is 1. The molecule has 39 heavy (non-hydrogen) atoms. The van der Waals surface area contributed by atoms with E-state index in [4.69, 9.17) is 0 Å². The predicted molar refractivity (Wildman–Crippen MR) is 140 cm³/mol. The highest BCUT2D eigenvalue weighted by Gasteiger charge is 2.44. The largest absolute Gasteiger partial charge is 0.418 e. The quantitative estimate of drug-likeness (QED) is 0.577. The second kappa shape index (κ2) is 10.1. The van der Waals surface area contributed by atoms with Crippen LogP contribution in [0, 0.1) is 17.8 Å². The van der Waals surface area contributed by atoms with Crippen molar-refractivity contribution in [3.8, 4) is 0 Å². The maximum atomic E-state index is 14.2. The number of rotatable bonds is 6. The van der Waals surface area contributed by atoms with Crippen LogP contribution in [0.5, 0.6) is 0 Å². The zero-order valence-corrected chi connectivity index (χ0v) is 22.6. The van der Waals surface area contributed by atoms with E-state index in [9.17, 15) is 22.8 Å². The summed E-state index contributed by atoms with van der Waals surface area (Å²) in [6.45, 7) is 1.77. The number of likely N-dealkylation sites (N-methyl/N-ethyl adjacent to an activating group) is 1. The van der Waals surface area contributed by atoms with E-state index in [2.05, 4.69) is 22.8 Å². The molecule has 4 aliphatic rings. The van der Waals surface area contributed by atoms with Gasteiger partial charge in [0.1, 0.15) is 0 Å². The molecule has 0 bridgehead atoms. The SMILES string of the molecule is CN1CCN(Cc2cc(C(F)(F)F)c3cn(C4CCCC([C@@H](C5CCC5)C5NNCN5C)C4)c(=O)n3c2)C1=O. The van der Waals surface area contributed by atoms with Crippen molar-refractivity contribution in [2.45, 2.75) is 69.9 Å². The molecule has 2 N–H and O–H groups in total. The molecule has 9 nitrogen and oxygen atoms in total. The maximum absolute atomic E-state index is 14.2. The molecule has 2 aliphatic heterocycles. The molecule has 0 aromatic carbocycles. The molecule has 6 rings (SSSR count). The molecule has 4 heterocycles. The molecule has 2 amide bonds. The summed E-state index contributed by atoms with van der Waals surface area (Å²) in [5, 5.41) is 0. The number of hydrazine groups is 1. The van der Waals surface area contributed by atoms with Crippen LogP contribution in [-0.4, -0.2) is 69.7 Å². The minimum atomic E-state index is -4.62. The van der Waals surface area contributed by atoms with Crippen molar-refractivity contribution in [1.82, 2.24) is 34.5 Å². The van der Waals surface area contributed by atoms with Crippen molar-refractivity contribution < 1.29 is 18.0 Å². The molecule has 2 saturated carbocycles. The fraction of sp³-hybridized carbons (Fsp3) is 0.704. The number of hydrogen-bond donors (Lipinski definition) is 2. The van der Waals surface area contributed by atoms with Gasteiger partial charge in [-0.25, -0.2) is 20.4 Å². The first-order valence-corrected chi connectivity index (χ1v) is 14.1. The molecule has 2 aromatic rings. The monoisotopic (exact) mass is 549 g/mol.